The highest BCUT2D eigenvalue weighted by molar-refractivity contribution is 8.16. The van der Waals surface area contributed by atoms with Gasteiger partial charge in [0.25, 0.3) is 11.8 Å². The summed E-state index contributed by atoms with van der Waals surface area (Å²) in [6.45, 7) is 3.40. The molecule has 0 spiro atoms. The molecule has 0 aromatic heterocycles. The van der Waals surface area contributed by atoms with E-state index in [0.29, 0.717) is 57.3 Å². The Morgan fingerprint density at radius 1 is 0.913 bits per heavy atom. The molecule has 1 aromatic carbocycles. The van der Waals surface area contributed by atoms with Crippen LogP contribution in [0.25, 0.3) is 0 Å². The number of fused-ring (bicyclic) bond motifs is 1. The summed E-state index contributed by atoms with van der Waals surface area (Å²) in [5.74, 6) is -0.769. The summed E-state index contributed by atoms with van der Waals surface area (Å²) in [7, 11) is 1.46. The van der Waals surface area contributed by atoms with Crippen molar-refractivity contribution in [3.8, 4) is 5.75 Å². The molecule has 2 aliphatic rings. The normalized spacial score (nSPS) is 14.9. The number of nitrogens with one attached hydrogen (secondary N) is 4. The monoisotopic (exact) mass is 665 g/mol. The molecule has 16 nitrogen and oxygen atoms in total. The van der Waals surface area contributed by atoms with Crippen molar-refractivity contribution in [2.75, 3.05) is 98.0 Å². The minimum Gasteiger partial charge on any atom is -0.496 e. The largest absolute Gasteiger partial charge is 0.496 e. The molecule has 0 radical (unpaired) electrons. The number of amides is 4. The summed E-state index contributed by atoms with van der Waals surface area (Å²) in [5, 5.41) is 13.7. The average Bonchev–Trinajstić information content (AvgIpc) is 3.67. The molecule has 6 N–H and O–H groups in total. The van der Waals surface area contributed by atoms with Gasteiger partial charge in [-0.05, 0) is 36.6 Å². The Bertz CT molecular complexity index is 1220. The van der Waals surface area contributed by atoms with Gasteiger partial charge < -0.3 is 55.6 Å². The molecular weight excluding hydrogens is 622 g/mol. The fourth-order valence-corrected chi connectivity index (χ4v) is 4.81. The minimum absolute atomic E-state index is 0.0406. The summed E-state index contributed by atoms with van der Waals surface area (Å²) in [4.78, 5) is 55.2. The summed E-state index contributed by atoms with van der Waals surface area (Å²) in [5.41, 5.74) is 6.08. The number of aliphatic imine (C=N–C) groups is 1. The maximum atomic E-state index is 12.8. The fraction of sp³-hybridized carbons (Fsp3) is 0.552. The number of anilines is 1. The van der Waals surface area contributed by atoms with Gasteiger partial charge in [-0.25, -0.2) is 4.99 Å². The van der Waals surface area contributed by atoms with Gasteiger partial charge >= 0.3 is 0 Å². The highest BCUT2D eigenvalue weighted by Crippen LogP contribution is 2.27. The van der Waals surface area contributed by atoms with Gasteiger partial charge in [-0.3, -0.25) is 19.2 Å². The summed E-state index contributed by atoms with van der Waals surface area (Å²) < 4.78 is 26.6. The van der Waals surface area contributed by atoms with Gasteiger partial charge in [-0.2, -0.15) is 0 Å². The predicted molar refractivity (Wildman–Crippen MR) is 172 cm³/mol. The number of methoxy groups -OCH3 is 1. The molecule has 1 atom stereocenters. The second-order valence-corrected chi connectivity index (χ2v) is 10.7. The van der Waals surface area contributed by atoms with Crippen LogP contribution in [-0.4, -0.2) is 132 Å². The highest BCUT2D eigenvalue weighted by atomic mass is 32.2. The van der Waals surface area contributed by atoms with Crippen LogP contribution in [0.5, 0.6) is 5.75 Å². The molecule has 46 heavy (non-hydrogen) atoms. The number of hydrogen-bond donors (Lipinski definition) is 5. The number of carbonyl (C=O) groups excluding carboxylic acids is 4. The maximum Gasteiger partial charge on any atom is 0.255 e. The molecule has 254 valence electrons. The first-order valence-electron chi connectivity index (χ1n) is 14.9. The summed E-state index contributed by atoms with van der Waals surface area (Å²) in [6, 6.07) is 4.31. The van der Waals surface area contributed by atoms with E-state index >= 15 is 0 Å². The van der Waals surface area contributed by atoms with E-state index in [1.807, 2.05) is 16.5 Å². The first-order valence-corrected chi connectivity index (χ1v) is 15.8. The molecule has 1 aromatic rings. The third kappa shape index (κ3) is 13.3. The lowest BCUT2D eigenvalue weighted by atomic mass is 10.1. The third-order valence-electron chi connectivity index (χ3n) is 6.32. The van der Waals surface area contributed by atoms with Crippen LogP contribution < -0.4 is 31.7 Å². The topological polar surface area (TPSA) is 204 Å². The van der Waals surface area contributed by atoms with Crippen LogP contribution in [0.15, 0.2) is 34.8 Å². The second-order valence-electron chi connectivity index (χ2n) is 9.82. The lowest BCUT2D eigenvalue weighted by molar-refractivity contribution is -0.127. The van der Waals surface area contributed by atoms with E-state index < -0.39 is 6.04 Å². The molecule has 0 saturated heterocycles. The van der Waals surface area contributed by atoms with Gasteiger partial charge in [-0.1, -0.05) is 11.8 Å². The summed E-state index contributed by atoms with van der Waals surface area (Å²) >= 11 is 1.47. The third-order valence-corrected chi connectivity index (χ3v) is 7.13. The van der Waals surface area contributed by atoms with Gasteiger partial charge in [0, 0.05) is 31.5 Å². The van der Waals surface area contributed by atoms with E-state index in [2.05, 4.69) is 26.3 Å². The van der Waals surface area contributed by atoms with Crippen molar-refractivity contribution in [2.24, 2.45) is 10.7 Å². The zero-order chi connectivity index (χ0) is 33.0. The van der Waals surface area contributed by atoms with Gasteiger partial charge in [0.1, 0.15) is 25.0 Å². The Kier molecular flexibility index (Phi) is 16.9. The maximum absolute atomic E-state index is 12.8. The molecule has 17 heteroatoms. The number of benzene rings is 1. The van der Waals surface area contributed by atoms with Crippen LogP contribution in [-0.2, 0) is 33.3 Å². The Hall–Kier alpha value is -3.74. The van der Waals surface area contributed by atoms with Crippen LogP contribution in [0.3, 0.4) is 0 Å². The molecule has 0 fully saturated rings. The molecule has 0 aliphatic carbocycles. The first-order chi connectivity index (χ1) is 22.4. The van der Waals surface area contributed by atoms with Crippen molar-refractivity contribution in [2.45, 2.75) is 12.5 Å². The van der Waals surface area contributed by atoms with E-state index in [9.17, 15) is 19.2 Å². The second kappa shape index (κ2) is 21.1. The number of rotatable bonds is 23. The number of nitrogens with zero attached hydrogens (tertiary/aromatic N) is 2. The molecule has 1 unspecified atom stereocenters. The smallest absolute Gasteiger partial charge is 0.255 e. The van der Waals surface area contributed by atoms with Crippen LogP contribution in [0.4, 0.5) is 5.69 Å². The van der Waals surface area contributed by atoms with Crippen molar-refractivity contribution in [1.29, 1.82) is 0 Å². The molecule has 4 amide bonds. The Balaban J connectivity index is 1.18. The Morgan fingerprint density at radius 2 is 1.57 bits per heavy atom. The van der Waals surface area contributed by atoms with E-state index in [1.54, 1.807) is 18.2 Å². The van der Waals surface area contributed by atoms with E-state index in [4.69, 9.17) is 29.4 Å². The number of hydrogen-bond acceptors (Lipinski definition) is 13. The molecule has 0 bridgehead atoms. The van der Waals surface area contributed by atoms with Crippen LogP contribution in [0, 0.1) is 0 Å². The minimum atomic E-state index is -0.529. The van der Waals surface area contributed by atoms with Crippen molar-refractivity contribution in [1.82, 2.24) is 20.9 Å². The fourth-order valence-electron chi connectivity index (χ4n) is 4.03. The van der Waals surface area contributed by atoms with E-state index in [-0.39, 0.29) is 75.4 Å². The number of amidine groups is 1. The Morgan fingerprint density at radius 3 is 2.22 bits per heavy atom. The van der Waals surface area contributed by atoms with E-state index in [0.717, 1.165) is 5.17 Å². The van der Waals surface area contributed by atoms with Gasteiger partial charge in [0.2, 0.25) is 11.8 Å². The highest BCUT2D eigenvalue weighted by Gasteiger charge is 2.31. The SMILES string of the molecule is COc1ccc(NC(=O)C2CN3C=CSC3=N2)cc1C(=O)NCCOCCOCC(=O)NCCOCCOCC(=O)NCCCN. The lowest BCUT2D eigenvalue weighted by Crippen LogP contribution is -2.32. The zero-order valence-corrected chi connectivity index (χ0v) is 26.7. The van der Waals surface area contributed by atoms with Crippen molar-refractivity contribution < 1.29 is 42.9 Å². The summed E-state index contributed by atoms with van der Waals surface area (Å²) in [6.07, 6.45) is 2.61. The quantitative estimate of drug-likeness (QED) is 0.0919. The number of carbonyl (C=O) groups is 4. The number of ether oxygens (including phenoxy) is 5. The molecule has 2 aliphatic heterocycles. The van der Waals surface area contributed by atoms with Gasteiger partial charge in [-0.15, -0.1) is 0 Å². The van der Waals surface area contributed by atoms with Crippen molar-refractivity contribution in [3.63, 3.8) is 0 Å². The van der Waals surface area contributed by atoms with Crippen molar-refractivity contribution in [3.05, 3.63) is 35.4 Å². The molecular formula is C29H43N7O9S. The van der Waals surface area contributed by atoms with Gasteiger partial charge in [0.05, 0.1) is 58.9 Å². The standard InChI is InChI=1S/C29H43N7O9S/c1-41-24-4-3-21(34-28(40)23-18-36-9-16-46-29(36)35-23)17-22(24)27(39)33-8-11-43-13-15-45-20-26(38)32-7-10-42-12-14-44-19-25(37)31-6-2-5-30/h3-4,9,16-17,23H,2,5-8,10-15,18-20,30H2,1H3,(H,31,37)(H,32,38)(H,33,39)(H,34,40). The van der Waals surface area contributed by atoms with Crippen LogP contribution in [0.2, 0.25) is 0 Å². The van der Waals surface area contributed by atoms with E-state index in [1.165, 1.54) is 18.9 Å². The van der Waals surface area contributed by atoms with Crippen molar-refractivity contribution >= 4 is 46.2 Å². The average molecular weight is 666 g/mol. The first kappa shape index (κ1) is 36.7. The lowest BCUT2D eigenvalue weighted by Gasteiger charge is -2.14. The predicted octanol–water partition coefficient (Wildman–Crippen LogP) is -0.731. The molecule has 3 rings (SSSR count). The molecule has 0 saturated carbocycles. The number of thioether (sulfide) groups is 1. The van der Waals surface area contributed by atoms with Crippen LogP contribution >= 0.6 is 11.8 Å². The molecule has 2 heterocycles. The number of nitrogens with two attached hydrogens (primary N) is 1. The zero-order valence-electron chi connectivity index (χ0n) is 25.9. The van der Waals surface area contributed by atoms with Crippen LogP contribution in [0.1, 0.15) is 16.8 Å². The van der Waals surface area contributed by atoms with Gasteiger partial charge in [0.15, 0.2) is 5.17 Å². The Labute approximate surface area is 272 Å².